The Labute approximate surface area is 131 Å². The van der Waals surface area contributed by atoms with Crippen molar-refractivity contribution in [1.82, 2.24) is 0 Å². The summed E-state index contributed by atoms with van der Waals surface area (Å²) in [7, 11) is -4.35. The molecule has 0 saturated carbocycles. The molecular weight excluding hydrogens is 312 g/mol. The van der Waals surface area contributed by atoms with Gasteiger partial charge in [-0.2, -0.15) is 8.42 Å². The number of hydrogen-bond acceptors (Lipinski definition) is 3. The normalized spacial score (nSPS) is 11.6. The van der Waals surface area contributed by atoms with E-state index >= 15 is 0 Å². The number of unbranched alkanes of at least 4 members (excludes halogenated alkanes) is 5. The zero-order valence-electron chi connectivity index (χ0n) is 12.1. The predicted octanol–water partition coefficient (Wildman–Crippen LogP) is 4.52. The number of halogens is 1. The average Bonchev–Trinajstić information content (AvgIpc) is 2.41. The molecule has 0 atom stereocenters. The van der Waals surface area contributed by atoms with Gasteiger partial charge in [0.1, 0.15) is 4.90 Å². The van der Waals surface area contributed by atoms with Crippen LogP contribution >= 0.6 is 11.6 Å². The Balaban J connectivity index is 2.54. The van der Waals surface area contributed by atoms with Gasteiger partial charge in [-0.3, -0.25) is 9.35 Å². The van der Waals surface area contributed by atoms with Crippen molar-refractivity contribution in [1.29, 1.82) is 0 Å². The van der Waals surface area contributed by atoms with Crippen LogP contribution in [0.25, 0.3) is 0 Å². The van der Waals surface area contributed by atoms with Crippen LogP contribution in [0.15, 0.2) is 23.1 Å². The minimum atomic E-state index is -4.35. The average molecular weight is 333 g/mol. The second kappa shape index (κ2) is 8.51. The minimum Gasteiger partial charge on any atom is -0.294 e. The molecule has 4 nitrogen and oxygen atoms in total. The molecule has 0 aliphatic rings. The number of rotatable bonds is 9. The number of hydrogen-bond donors (Lipinski definition) is 1. The fourth-order valence-corrected chi connectivity index (χ4v) is 3.11. The lowest BCUT2D eigenvalue weighted by molar-refractivity contribution is 0.0979. The van der Waals surface area contributed by atoms with Gasteiger partial charge in [0.05, 0.1) is 5.02 Å². The fourth-order valence-electron chi connectivity index (χ4n) is 2.09. The minimum absolute atomic E-state index is 0.0609. The Hall–Kier alpha value is -0.910. The Kier molecular flexibility index (Phi) is 7.35. The van der Waals surface area contributed by atoms with Crippen LogP contribution in [0.4, 0.5) is 0 Å². The van der Waals surface area contributed by atoms with Gasteiger partial charge in [0.15, 0.2) is 5.78 Å². The monoisotopic (exact) mass is 332 g/mol. The molecule has 6 heteroatoms. The predicted molar refractivity (Wildman–Crippen MR) is 83.6 cm³/mol. The third-order valence-electron chi connectivity index (χ3n) is 3.29. The van der Waals surface area contributed by atoms with Gasteiger partial charge in [-0.1, -0.05) is 50.6 Å². The molecule has 0 fully saturated rings. The highest BCUT2D eigenvalue weighted by Crippen LogP contribution is 2.23. The van der Waals surface area contributed by atoms with Crippen molar-refractivity contribution in [2.24, 2.45) is 0 Å². The molecule has 0 spiro atoms. The highest BCUT2D eigenvalue weighted by molar-refractivity contribution is 7.86. The van der Waals surface area contributed by atoms with Gasteiger partial charge in [0.25, 0.3) is 10.1 Å². The van der Waals surface area contributed by atoms with Gasteiger partial charge < -0.3 is 0 Å². The summed E-state index contributed by atoms with van der Waals surface area (Å²) < 4.78 is 31.0. The SMILES string of the molecule is CCCCCCCCC(=O)c1ccc(S(=O)(=O)O)c(Cl)c1. The van der Waals surface area contributed by atoms with Crippen molar-refractivity contribution in [3.8, 4) is 0 Å². The topological polar surface area (TPSA) is 71.4 Å². The maximum absolute atomic E-state index is 12.0. The van der Waals surface area contributed by atoms with Crippen LogP contribution in [0.3, 0.4) is 0 Å². The van der Waals surface area contributed by atoms with E-state index in [1.807, 2.05) is 0 Å². The Morgan fingerprint density at radius 2 is 1.76 bits per heavy atom. The van der Waals surface area contributed by atoms with Crippen molar-refractivity contribution in [2.75, 3.05) is 0 Å². The molecule has 21 heavy (non-hydrogen) atoms. The van der Waals surface area contributed by atoms with E-state index in [9.17, 15) is 13.2 Å². The van der Waals surface area contributed by atoms with E-state index < -0.39 is 10.1 Å². The van der Waals surface area contributed by atoms with Crippen LogP contribution < -0.4 is 0 Å². The van der Waals surface area contributed by atoms with Gasteiger partial charge in [0, 0.05) is 12.0 Å². The quantitative estimate of drug-likeness (QED) is 0.410. The molecular formula is C15H21ClO4S. The molecule has 118 valence electrons. The highest BCUT2D eigenvalue weighted by atomic mass is 35.5. The molecule has 0 heterocycles. The first kappa shape index (κ1) is 18.1. The van der Waals surface area contributed by atoms with E-state index in [1.54, 1.807) is 0 Å². The van der Waals surface area contributed by atoms with Gasteiger partial charge in [-0.25, -0.2) is 0 Å². The third kappa shape index (κ3) is 6.16. The van der Waals surface area contributed by atoms with Gasteiger partial charge in [-0.05, 0) is 24.6 Å². The zero-order valence-corrected chi connectivity index (χ0v) is 13.7. The Morgan fingerprint density at radius 3 is 2.33 bits per heavy atom. The second-order valence-electron chi connectivity index (χ2n) is 5.06. The largest absolute Gasteiger partial charge is 0.296 e. The van der Waals surface area contributed by atoms with Gasteiger partial charge in [0.2, 0.25) is 0 Å². The summed E-state index contributed by atoms with van der Waals surface area (Å²) in [5.74, 6) is -0.0609. The number of carbonyl (C=O) groups is 1. The van der Waals surface area contributed by atoms with Crippen molar-refractivity contribution in [3.05, 3.63) is 28.8 Å². The molecule has 0 aliphatic carbocycles. The molecule has 0 aromatic heterocycles. The molecule has 0 aliphatic heterocycles. The van der Waals surface area contributed by atoms with E-state index in [4.69, 9.17) is 16.2 Å². The number of Topliss-reactive ketones (excluding diaryl/α,β-unsaturated/α-hetero) is 1. The van der Waals surface area contributed by atoms with Gasteiger partial charge >= 0.3 is 0 Å². The maximum atomic E-state index is 12.0. The second-order valence-corrected chi connectivity index (χ2v) is 6.86. The molecule has 1 aromatic rings. The van der Waals surface area contributed by atoms with Crippen LogP contribution in [0.1, 0.15) is 62.2 Å². The van der Waals surface area contributed by atoms with Crippen molar-refractivity contribution >= 4 is 27.5 Å². The summed E-state index contributed by atoms with van der Waals surface area (Å²) in [5, 5.41) is -0.133. The van der Waals surface area contributed by atoms with Crippen LogP contribution in [0.5, 0.6) is 0 Å². The highest BCUT2D eigenvalue weighted by Gasteiger charge is 2.16. The van der Waals surface area contributed by atoms with Gasteiger partial charge in [-0.15, -0.1) is 0 Å². The first-order valence-electron chi connectivity index (χ1n) is 7.16. The number of carbonyl (C=O) groups excluding carboxylic acids is 1. The van der Waals surface area contributed by atoms with Crippen molar-refractivity contribution in [3.63, 3.8) is 0 Å². The summed E-state index contributed by atoms with van der Waals surface area (Å²) >= 11 is 5.79. The molecule has 0 saturated heterocycles. The van der Waals surface area contributed by atoms with E-state index in [-0.39, 0.29) is 15.7 Å². The summed E-state index contributed by atoms with van der Waals surface area (Å²) in [6.45, 7) is 2.16. The maximum Gasteiger partial charge on any atom is 0.296 e. The Bertz CT molecular complexity index is 581. The van der Waals surface area contributed by atoms with E-state index in [2.05, 4.69) is 6.92 Å². The molecule has 0 bridgehead atoms. The van der Waals surface area contributed by atoms with E-state index in [1.165, 1.54) is 31.4 Å². The summed E-state index contributed by atoms with van der Waals surface area (Å²) in [6, 6.07) is 3.84. The smallest absolute Gasteiger partial charge is 0.294 e. The Morgan fingerprint density at radius 1 is 1.14 bits per heavy atom. The standard InChI is InChI=1S/C15H21ClO4S/c1-2-3-4-5-6-7-8-14(17)12-9-10-15(13(16)11-12)21(18,19)20/h9-11H,2-8H2,1H3,(H,18,19,20). The molecule has 1 aromatic carbocycles. The molecule has 0 radical (unpaired) electrons. The van der Waals surface area contributed by atoms with E-state index in [0.717, 1.165) is 25.3 Å². The van der Waals surface area contributed by atoms with Crippen LogP contribution in [0.2, 0.25) is 5.02 Å². The fraction of sp³-hybridized carbons (Fsp3) is 0.533. The lowest BCUT2D eigenvalue weighted by Gasteiger charge is -2.05. The number of benzene rings is 1. The molecule has 1 N–H and O–H groups in total. The zero-order chi connectivity index (χ0) is 15.9. The number of ketones is 1. The van der Waals surface area contributed by atoms with Crippen LogP contribution in [-0.2, 0) is 10.1 Å². The third-order valence-corrected chi connectivity index (χ3v) is 4.63. The first-order chi connectivity index (χ1) is 9.86. The van der Waals surface area contributed by atoms with E-state index in [0.29, 0.717) is 12.0 Å². The summed E-state index contributed by atoms with van der Waals surface area (Å²) in [5.41, 5.74) is 0.376. The van der Waals surface area contributed by atoms with Crippen molar-refractivity contribution < 1.29 is 17.8 Å². The van der Waals surface area contributed by atoms with Crippen LogP contribution in [0, 0.1) is 0 Å². The molecule has 0 amide bonds. The first-order valence-corrected chi connectivity index (χ1v) is 8.98. The van der Waals surface area contributed by atoms with Crippen LogP contribution in [-0.4, -0.2) is 18.8 Å². The molecule has 0 unspecified atom stereocenters. The summed E-state index contributed by atoms with van der Waals surface area (Å²) in [6.07, 6.45) is 7.00. The lowest BCUT2D eigenvalue weighted by atomic mass is 10.0. The molecule has 1 rings (SSSR count). The lowest BCUT2D eigenvalue weighted by Crippen LogP contribution is -2.03. The summed E-state index contributed by atoms with van der Waals surface area (Å²) in [4.78, 5) is 11.6. The van der Waals surface area contributed by atoms with Crippen molar-refractivity contribution in [2.45, 2.75) is 56.8 Å².